The van der Waals surface area contributed by atoms with E-state index in [0.717, 1.165) is 4.90 Å². The minimum atomic E-state index is -3.00. The predicted molar refractivity (Wildman–Crippen MR) is 70.5 cm³/mol. The first-order valence-corrected chi connectivity index (χ1v) is 6.96. The molecule has 0 N–H and O–H groups in total. The molecule has 0 bridgehead atoms. The van der Waals surface area contributed by atoms with Crippen LogP contribution in [0, 0.1) is 6.92 Å². The second-order valence-electron chi connectivity index (χ2n) is 5.33. The Labute approximate surface area is 125 Å². The van der Waals surface area contributed by atoms with E-state index in [1.54, 1.807) is 13.0 Å². The first-order valence-electron chi connectivity index (χ1n) is 6.96. The van der Waals surface area contributed by atoms with E-state index in [1.807, 2.05) is 6.92 Å². The molecule has 1 fully saturated rings. The summed E-state index contributed by atoms with van der Waals surface area (Å²) in [6.07, 6.45) is 1.32. The van der Waals surface area contributed by atoms with Crippen LogP contribution in [0.5, 0.6) is 0 Å². The molecule has 3 rings (SSSR count). The van der Waals surface area contributed by atoms with Gasteiger partial charge in [0.15, 0.2) is 5.76 Å². The number of amides is 1. The first kappa shape index (κ1) is 14.7. The van der Waals surface area contributed by atoms with E-state index in [1.165, 1.54) is 6.26 Å². The van der Waals surface area contributed by atoms with Crippen molar-refractivity contribution in [2.45, 2.75) is 38.7 Å². The maximum atomic E-state index is 13.8. The average Bonchev–Trinajstić information content (AvgIpc) is 3.15. The van der Waals surface area contributed by atoms with E-state index >= 15 is 0 Å². The Bertz CT molecular complexity index is 695. The van der Waals surface area contributed by atoms with Crippen LogP contribution in [0.3, 0.4) is 0 Å². The zero-order valence-electron chi connectivity index (χ0n) is 12.2. The number of likely N-dealkylation sites (tertiary alicyclic amines) is 1. The molecule has 3 heterocycles. The molecular formula is C14H15F2N3O3. The molecule has 1 amide bonds. The van der Waals surface area contributed by atoms with Crippen molar-refractivity contribution in [1.82, 2.24) is 15.1 Å². The number of carbonyl (C=O) groups is 1. The highest BCUT2D eigenvalue weighted by molar-refractivity contribution is 5.93. The van der Waals surface area contributed by atoms with Crippen molar-refractivity contribution in [1.29, 1.82) is 0 Å². The zero-order chi connectivity index (χ0) is 15.9. The van der Waals surface area contributed by atoms with Crippen molar-refractivity contribution in [3.63, 3.8) is 0 Å². The first-order chi connectivity index (χ1) is 10.4. The lowest BCUT2D eigenvalue weighted by Crippen LogP contribution is -2.33. The molecule has 0 unspecified atom stereocenters. The molecule has 6 nitrogen and oxygen atoms in total. The van der Waals surface area contributed by atoms with Gasteiger partial charge in [0.25, 0.3) is 11.8 Å². The van der Waals surface area contributed by atoms with E-state index in [-0.39, 0.29) is 11.7 Å². The highest BCUT2D eigenvalue weighted by atomic mass is 19.3. The van der Waals surface area contributed by atoms with Gasteiger partial charge in [-0.2, -0.15) is 0 Å². The quantitative estimate of drug-likeness (QED) is 0.871. The second kappa shape index (κ2) is 5.19. The molecule has 1 atom stereocenters. The van der Waals surface area contributed by atoms with Crippen LogP contribution in [0.2, 0.25) is 0 Å². The zero-order valence-corrected chi connectivity index (χ0v) is 12.2. The van der Waals surface area contributed by atoms with Crippen molar-refractivity contribution in [2.75, 3.05) is 6.54 Å². The van der Waals surface area contributed by atoms with E-state index in [9.17, 15) is 13.6 Å². The van der Waals surface area contributed by atoms with Gasteiger partial charge in [0.05, 0.1) is 12.8 Å². The fourth-order valence-electron chi connectivity index (χ4n) is 2.52. The second-order valence-corrected chi connectivity index (χ2v) is 5.33. The maximum Gasteiger partial charge on any atom is 0.290 e. The largest absolute Gasteiger partial charge is 0.459 e. The molecule has 1 saturated heterocycles. The van der Waals surface area contributed by atoms with Gasteiger partial charge < -0.3 is 13.7 Å². The Morgan fingerprint density at radius 1 is 1.50 bits per heavy atom. The third-order valence-corrected chi connectivity index (χ3v) is 3.66. The predicted octanol–water partition coefficient (Wildman–Crippen LogP) is 2.76. The summed E-state index contributed by atoms with van der Waals surface area (Å²) in [4.78, 5) is 13.5. The van der Waals surface area contributed by atoms with Gasteiger partial charge in [0.1, 0.15) is 6.04 Å². The number of alkyl halides is 2. The van der Waals surface area contributed by atoms with Gasteiger partial charge in [-0.05, 0) is 13.0 Å². The van der Waals surface area contributed by atoms with Crippen LogP contribution < -0.4 is 0 Å². The lowest BCUT2D eigenvalue weighted by Gasteiger charge is -2.20. The van der Waals surface area contributed by atoms with Crippen molar-refractivity contribution in [3.8, 4) is 0 Å². The van der Waals surface area contributed by atoms with Gasteiger partial charge in [0, 0.05) is 18.4 Å². The van der Waals surface area contributed by atoms with Crippen LogP contribution in [0.25, 0.3) is 0 Å². The van der Waals surface area contributed by atoms with E-state index < -0.39 is 30.8 Å². The van der Waals surface area contributed by atoms with Crippen LogP contribution in [-0.4, -0.2) is 33.5 Å². The van der Waals surface area contributed by atoms with Crippen LogP contribution in [0.4, 0.5) is 8.78 Å². The number of hydrogen-bond acceptors (Lipinski definition) is 5. The highest BCUT2D eigenvalue weighted by Gasteiger charge is 2.50. The van der Waals surface area contributed by atoms with Crippen molar-refractivity contribution in [2.24, 2.45) is 0 Å². The standard InChI is InChI=1S/C14H15F2N3O3/c1-3-10-17-18-12(22-10)9-6-14(15,16)7-19(9)13(20)11-8(2)4-5-21-11/h4-5,9H,3,6-7H2,1-2H3/t9-/m0/s1. The van der Waals surface area contributed by atoms with Crippen LogP contribution in [0.1, 0.15) is 47.3 Å². The summed E-state index contributed by atoms with van der Waals surface area (Å²) in [6, 6.07) is 0.665. The summed E-state index contributed by atoms with van der Waals surface area (Å²) in [6.45, 7) is 2.80. The summed E-state index contributed by atoms with van der Waals surface area (Å²) in [5.74, 6) is -3.15. The monoisotopic (exact) mass is 311 g/mol. The SMILES string of the molecule is CCc1nnc([C@@H]2CC(F)(F)CN2C(=O)c2occc2C)o1. The fraction of sp³-hybridized carbons (Fsp3) is 0.500. The van der Waals surface area contributed by atoms with Crippen LogP contribution >= 0.6 is 0 Å². The molecule has 118 valence electrons. The lowest BCUT2D eigenvalue weighted by atomic mass is 10.2. The summed E-state index contributed by atoms with van der Waals surface area (Å²) >= 11 is 0. The van der Waals surface area contributed by atoms with E-state index in [0.29, 0.717) is 17.9 Å². The molecule has 2 aromatic heterocycles. The highest BCUT2D eigenvalue weighted by Crippen LogP contribution is 2.41. The number of hydrogen-bond donors (Lipinski definition) is 0. The van der Waals surface area contributed by atoms with Crippen molar-refractivity contribution < 1.29 is 22.4 Å². The number of rotatable bonds is 3. The summed E-state index contributed by atoms with van der Waals surface area (Å²) in [5.41, 5.74) is 0.596. The van der Waals surface area contributed by atoms with Crippen LogP contribution in [0.15, 0.2) is 21.2 Å². The third-order valence-electron chi connectivity index (χ3n) is 3.66. The maximum absolute atomic E-state index is 13.8. The van der Waals surface area contributed by atoms with Crippen molar-refractivity contribution >= 4 is 5.91 Å². The van der Waals surface area contributed by atoms with Crippen molar-refractivity contribution in [3.05, 3.63) is 35.4 Å². The van der Waals surface area contributed by atoms with Crippen LogP contribution in [-0.2, 0) is 6.42 Å². The molecule has 8 heteroatoms. The molecule has 1 aliphatic rings. The smallest absolute Gasteiger partial charge is 0.290 e. The summed E-state index contributed by atoms with van der Waals surface area (Å²) in [5, 5.41) is 7.57. The van der Waals surface area contributed by atoms with Gasteiger partial charge in [0.2, 0.25) is 11.8 Å². The normalized spacial score (nSPS) is 20.5. The van der Waals surface area contributed by atoms with Gasteiger partial charge in [-0.3, -0.25) is 4.79 Å². The topological polar surface area (TPSA) is 72.4 Å². The average molecular weight is 311 g/mol. The number of aromatic nitrogens is 2. The van der Waals surface area contributed by atoms with Gasteiger partial charge in [-0.1, -0.05) is 6.92 Å². The molecule has 22 heavy (non-hydrogen) atoms. The Morgan fingerprint density at radius 2 is 2.27 bits per heavy atom. The molecular weight excluding hydrogens is 296 g/mol. The Kier molecular flexibility index (Phi) is 3.46. The number of aryl methyl sites for hydroxylation is 2. The Morgan fingerprint density at radius 3 is 2.86 bits per heavy atom. The third kappa shape index (κ3) is 2.49. The number of carbonyl (C=O) groups excluding carboxylic acids is 1. The summed E-state index contributed by atoms with van der Waals surface area (Å²) < 4.78 is 38.1. The molecule has 0 radical (unpaired) electrons. The molecule has 2 aromatic rings. The van der Waals surface area contributed by atoms with Gasteiger partial charge in [-0.15, -0.1) is 10.2 Å². The Balaban J connectivity index is 1.93. The molecule has 0 aliphatic carbocycles. The molecule has 0 aromatic carbocycles. The van der Waals surface area contributed by atoms with Gasteiger partial charge >= 0.3 is 0 Å². The van der Waals surface area contributed by atoms with Gasteiger partial charge in [-0.25, -0.2) is 8.78 Å². The number of furan rings is 1. The number of nitrogens with zero attached hydrogens (tertiary/aromatic N) is 3. The minimum absolute atomic E-state index is 0.0339. The van der Waals surface area contributed by atoms with E-state index in [4.69, 9.17) is 8.83 Å². The van der Waals surface area contributed by atoms with E-state index in [2.05, 4.69) is 10.2 Å². The molecule has 1 aliphatic heterocycles. The fourth-order valence-corrected chi connectivity index (χ4v) is 2.52. The minimum Gasteiger partial charge on any atom is -0.459 e. The summed E-state index contributed by atoms with van der Waals surface area (Å²) in [7, 11) is 0. The lowest BCUT2D eigenvalue weighted by molar-refractivity contribution is 0.0113. The molecule has 0 saturated carbocycles. The number of halogens is 2. The molecule has 0 spiro atoms. The Hall–Kier alpha value is -2.25.